The lowest BCUT2D eigenvalue weighted by atomic mass is 9.79. The third-order valence-electron chi connectivity index (χ3n) is 13.9. The van der Waals surface area contributed by atoms with E-state index in [0.29, 0.717) is 21.6 Å². The first kappa shape index (κ1) is 54.8. The lowest BCUT2D eigenvalue weighted by Gasteiger charge is -2.46. The number of likely N-dealkylation sites (tertiary alicyclic amines) is 3. The van der Waals surface area contributed by atoms with Gasteiger partial charge in [0.25, 0.3) is 17.1 Å². The quantitative estimate of drug-likeness (QED) is 0.0375. The van der Waals surface area contributed by atoms with Crippen molar-refractivity contribution in [2.75, 3.05) is 26.2 Å². The van der Waals surface area contributed by atoms with Gasteiger partial charge in [-0.05, 0) is 72.9 Å². The third-order valence-corrected chi connectivity index (χ3v) is 15.4. The minimum atomic E-state index is -2.74. The van der Waals surface area contributed by atoms with Gasteiger partial charge in [-0.25, -0.2) is 19.2 Å². The molecule has 4 saturated heterocycles. The summed E-state index contributed by atoms with van der Waals surface area (Å²) >= 11 is 1.09. The normalized spacial score (nSPS) is 24.9. The molecule has 0 radical (unpaired) electrons. The van der Waals surface area contributed by atoms with E-state index >= 15 is 0 Å². The summed E-state index contributed by atoms with van der Waals surface area (Å²) in [6.45, 7) is 1.21. The van der Waals surface area contributed by atoms with Crippen LogP contribution in [0.1, 0.15) is 49.8 Å². The average molecular weight is 1090 g/mol. The molecule has 0 bridgehead atoms. The molecule has 408 valence electrons. The number of aliphatic hydroxyl groups excluding tert-OH is 1. The Morgan fingerprint density at radius 2 is 1.29 bits per heavy atom. The molecule has 4 N–H and O–H groups in total. The number of nitro groups is 3. The summed E-state index contributed by atoms with van der Waals surface area (Å²) in [5.41, 5.74) is 0.101. The minimum absolute atomic E-state index is 0.00992. The van der Waals surface area contributed by atoms with Crippen LogP contribution in [0, 0.1) is 42.2 Å². The fourth-order valence-corrected chi connectivity index (χ4v) is 11.6. The summed E-state index contributed by atoms with van der Waals surface area (Å²) in [6, 6.07) is 10.5. The smallest absolute Gasteiger partial charge is 0.477 e. The number of carboxylic acid groups (broad SMARTS) is 1. The number of hydrogen-bond acceptors (Lipinski definition) is 20. The zero-order valence-corrected chi connectivity index (χ0v) is 41.8. The van der Waals surface area contributed by atoms with Crippen molar-refractivity contribution >= 4 is 70.9 Å². The van der Waals surface area contributed by atoms with Gasteiger partial charge in [0.15, 0.2) is 6.04 Å². The Bertz CT molecular complexity index is 2910. The second-order valence-corrected chi connectivity index (χ2v) is 20.2. The third kappa shape index (κ3) is 11.5. The molecule has 4 fully saturated rings. The fourth-order valence-electron chi connectivity index (χ4n) is 10.1. The molecule has 29 heteroatoms. The number of non-ortho nitro benzene ring substituents is 3. The maximum Gasteiger partial charge on any atom is 0.511 e. The van der Waals surface area contributed by atoms with Crippen LogP contribution < -0.4 is 5.32 Å². The average Bonchev–Trinajstić information content (AvgIpc) is 4.29. The molecule has 8 rings (SSSR count). The van der Waals surface area contributed by atoms with Crippen LogP contribution in [0.3, 0.4) is 0 Å². The highest BCUT2D eigenvalue weighted by Crippen LogP contribution is 2.52. The van der Waals surface area contributed by atoms with E-state index in [0.717, 1.165) is 21.6 Å². The lowest BCUT2D eigenvalue weighted by molar-refractivity contribution is -0.385. The van der Waals surface area contributed by atoms with Crippen LogP contribution >= 0.6 is 11.8 Å². The molecule has 1 unspecified atom stereocenters. The van der Waals surface area contributed by atoms with Crippen molar-refractivity contribution in [3.63, 3.8) is 0 Å². The number of β-lactam (4-membered cyclic amide) rings is 1. The van der Waals surface area contributed by atoms with Gasteiger partial charge in [-0.2, -0.15) is 0 Å². The number of carbonyl (C=O) groups excluding carboxylic acids is 6. The van der Waals surface area contributed by atoms with E-state index in [4.69, 9.17) is 18.9 Å². The minimum Gasteiger partial charge on any atom is -0.477 e. The molecule has 0 spiro atoms. The number of nitrogens with zero attached hydrogens (tertiary/aromatic N) is 7. The number of aliphatic carboxylic acids is 1. The summed E-state index contributed by atoms with van der Waals surface area (Å²) < 4.78 is 21.5. The number of hydrogen-bond donors (Lipinski definition) is 4. The summed E-state index contributed by atoms with van der Waals surface area (Å²) in [6.07, 6.45) is -5.10. The van der Waals surface area contributed by atoms with Crippen molar-refractivity contribution in [3.05, 3.63) is 130 Å². The molecule has 3 aromatic carbocycles. The van der Waals surface area contributed by atoms with E-state index in [2.05, 4.69) is 5.32 Å². The van der Waals surface area contributed by atoms with Crippen molar-refractivity contribution in [2.45, 2.75) is 94.2 Å². The van der Waals surface area contributed by atoms with Crippen LogP contribution in [0.15, 0.2) is 83.4 Å². The molecular weight excluding hydrogens is 1040 g/mol. The van der Waals surface area contributed by atoms with Crippen molar-refractivity contribution in [3.8, 4) is 0 Å². The second-order valence-electron chi connectivity index (χ2n) is 18.9. The van der Waals surface area contributed by atoms with Gasteiger partial charge in [-0.1, -0.05) is 6.92 Å². The Morgan fingerprint density at radius 1 is 0.779 bits per heavy atom. The fraction of sp³-hybridized carbons (Fsp3) is 0.438. The molecule has 9 atom stereocenters. The van der Waals surface area contributed by atoms with Gasteiger partial charge in [0, 0.05) is 91.1 Å². The largest absolute Gasteiger partial charge is 0.511 e. The number of benzene rings is 3. The van der Waals surface area contributed by atoms with Gasteiger partial charge >= 0.3 is 24.3 Å². The number of carboxylic acids is 1. The van der Waals surface area contributed by atoms with E-state index in [9.17, 15) is 79.2 Å². The Hall–Kier alpha value is -8.44. The Morgan fingerprint density at radius 3 is 1.78 bits per heavy atom. The summed E-state index contributed by atoms with van der Waals surface area (Å²) in [5, 5.41) is 68.0. The zero-order chi connectivity index (χ0) is 55.6. The number of thioether (sulfide) groups is 1. The van der Waals surface area contributed by atoms with E-state index in [1.165, 1.54) is 89.5 Å². The van der Waals surface area contributed by atoms with Crippen LogP contribution in [0.2, 0.25) is 0 Å². The van der Waals surface area contributed by atoms with Gasteiger partial charge in [-0.15, -0.1) is 11.8 Å². The molecule has 28 nitrogen and oxygen atoms in total. The topological polar surface area (TPSA) is 372 Å². The molecule has 77 heavy (non-hydrogen) atoms. The van der Waals surface area contributed by atoms with Crippen LogP contribution in [-0.2, 0) is 57.9 Å². The van der Waals surface area contributed by atoms with Crippen molar-refractivity contribution in [1.82, 2.24) is 24.9 Å². The first-order valence-corrected chi connectivity index (χ1v) is 24.8. The predicted molar refractivity (Wildman–Crippen MR) is 260 cm³/mol. The standard InChI is InChI=1S/C48H50N8O20S/c1-25-37-36(26(2)57)43(60)53(37)38(44(61)62)39(25)77-34-19-35(52(21-34)46(64)74-23-28-5-11-32(12-6-28)55(69)70)42(59)50-17-15-30(20-50)49-41(58)40-48(66,76-47(65)75-24-29-7-13-33(14-8-29)56(71)72)16-18-51(40)45(63)73-22-27-3-9-31(10-4-27)54(67)68/h3-14,25-26,30,34-37,40,57,66H,15-24H2,1-2H3,(H,49,58)(H,61,62)/t25-,26-,30+,34+,35+,36-,37+,40-,48?/m1/s1. The molecule has 0 aromatic heterocycles. The summed E-state index contributed by atoms with van der Waals surface area (Å²) in [5.74, 6) is -7.69. The van der Waals surface area contributed by atoms with Crippen molar-refractivity contribution in [2.24, 2.45) is 11.8 Å². The Balaban J connectivity index is 0.975. The molecular formula is C48H50N8O20S. The van der Waals surface area contributed by atoms with E-state index < -0.39 is 136 Å². The van der Waals surface area contributed by atoms with E-state index in [1.54, 1.807) is 6.92 Å². The van der Waals surface area contributed by atoms with Crippen LogP contribution in [-0.4, -0.2) is 159 Å². The van der Waals surface area contributed by atoms with Gasteiger partial charge < -0.3 is 49.4 Å². The van der Waals surface area contributed by atoms with Crippen molar-refractivity contribution < 1.29 is 82.6 Å². The van der Waals surface area contributed by atoms with Gasteiger partial charge in [0.1, 0.15) is 31.6 Å². The number of ether oxygens (including phenoxy) is 4. The molecule has 5 heterocycles. The van der Waals surface area contributed by atoms with E-state index in [-0.39, 0.29) is 61.8 Å². The molecule has 5 aliphatic heterocycles. The number of amides is 5. The SMILES string of the molecule is C[C@@H](O)[C@H]1C(=O)N2C(C(=O)O)=C(S[C@H]3C[C@@H](C(=O)N4CC[C@H](NC(=O)[C@H]5N(C(=O)OCc6ccc([N+](=O)[O-])cc6)CCC5(O)OC(=O)OCc5ccc([N+](=O)[O-])cc5)C4)N(C(=O)OCc4ccc([N+](=O)[O-])cc4)C3)[C@H](C)[C@@H]12. The number of rotatable bonds is 17. The van der Waals surface area contributed by atoms with Crippen LogP contribution in [0.25, 0.3) is 0 Å². The molecule has 5 amide bonds. The molecule has 3 aromatic rings. The molecule has 0 aliphatic carbocycles. The highest BCUT2D eigenvalue weighted by Gasteiger charge is 2.61. The number of nitro benzene ring substituents is 3. The summed E-state index contributed by atoms with van der Waals surface area (Å²) in [4.78, 5) is 132. The molecule has 5 aliphatic rings. The first-order chi connectivity index (χ1) is 36.5. The van der Waals surface area contributed by atoms with Crippen LogP contribution in [0.4, 0.5) is 31.4 Å². The number of carbonyl (C=O) groups is 7. The van der Waals surface area contributed by atoms with Gasteiger partial charge in [0.2, 0.25) is 23.5 Å². The number of nitrogens with one attached hydrogen (secondary N) is 1. The van der Waals surface area contributed by atoms with Gasteiger partial charge in [0.05, 0.1) is 32.8 Å². The van der Waals surface area contributed by atoms with E-state index in [1.807, 2.05) is 0 Å². The highest BCUT2D eigenvalue weighted by molar-refractivity contribution is 8.03. The molecule has 0 saturated carbocycles. The number of fused-ring (bicyclic) bond motifs is 1. The maximum atomic E-state index is 14.6. The first-order valence-electron chi connectivity index (χ1n) is 23.9. The monoisotopic (exact) mass is 1090 g/mol. The Labute approximate surface area is 439 Å². The Kier molecular flexibility index (Phi) is 16.0. The zero-order valence-electron chi connectivity index (χ0n) is 40.9. The van der Waals surface area contributed by atoms with Crippen LogP contribution in [0.5, 0.6) is 0 Å². The lowest BCUT2D eigenvalue weighted by Crippen LogP contribution is -2.63. The predicted octanol–water partition coefficient (Wildman–Crippen LogP) is 3.55. The second kappa shape index (κ2) is 22.4. The van der Waals surface area contributed by atoms with Crippen molar-refractivity contribution in [1.29, 1.82) is 0 Å². The van der Waals surface area contributed by atoms with Gasteiger partial charge in [-0.3, -0.25) is 54.5 Å². The number of aliphatic hydroxyl groups is 2. The summed E-state index contributed by atoms with van der Waals surface area (Å²) in [7, 11) is 0. The highest BCUT2D eigenvalue weighted by atomic mass is 32.2. The maximum absolute atomic E-state index is 14.6.